The lowest BCUT2D eigenvalue weighted by Crippen LogP contribution is -2.71. The van der Waals surface area contributed by atoms with Gasteiger partial charge in [0.1, 0.15) is 5.60 Å². The Morgan fingerprint density at radius 2 is 1.92 bits per heavy atom. The van der Waals surface area contributed by atoms with E-state index in [1.165, 1.54) is 0 Å². The van der Waals surface area contributed by atoms with E-state index in [9.17, 15) is 14.7 Å². The molecule has 0 radical (unpaired) electrons. The summed E-state index contributed by atoms with van der Waals surface area (Å²) in [6.07, 6.45) is -0.922. The summed E-state index contributed by atoms with van der Waals surface area (Å²) in [7, 11) is 0. The number of rotatable bonds is 5. The molecule has 1 saturated carbocycles. The maximum atomic E-state index is 12.2. The van der Waals surface area contributed by atoms with Crippen LogP contribution in [0.25, 0.3) is 0 Å². The highest BCUT2D eigenvalue weighted by Gasteiger charge is 2.58. The van der Waals surface area contributed by atoms with Gasteiger partial charge in [0.05, 0.1) is 24.2 Å². The second-order valence-electron chi connectivity index (χ2n) is 7.45. The Hall–Kier alpha value is -2.08. The zero-order valence-corrected chi connectivity index (χ0v) is 15.2. The average Bonchev–Trinajstić information content (AvgIpc) is 2.51. The number of alkyl carbamates (subject to hydrolysis) is 1. The van der Waals surface area contributed by atoms with E-state index in [4.69, 9.17) is 9.47 Å². The van der Waals surface area contributed by atoms with Crippen molar-refractivity contribution in [2.45, 2.75) is 57.8 Å². The molecule has 0 aliphatic heterocycles. The number of hydrogen-bond donors (Lipinski definition) is 2. The zero-order valence-electron chi connectivity index (χ0n) is 15.2. The van der Waals surface area contributed by atoms with E-state index >= 15 is 0 Å². The fourth-order valence-corrected chi connectivity index (χ4v) is 3.12. The molecule has 0 heterocycles. The number of nitrogens with one attached hydrogen (secondary N) is 1. The Bertz CT molecular complexity index is 610. The van der Waals surface area contributed by atoms with Gasteiger partial charge in [0.25, 0.3) is 0 Å². The zero-order chi connectivity index (χ0) is 18.7. The topological polar surface area (TPSA) is 84.9 Å². The molecule has 138 valence electrons. The molecule has 6 heteroatoms. The lowest BCUT2D eigenvalue weighted by molar-refractivity contribution is -0.169. The molecule has 1 aromatic carbocycles. The first kappa shape index (κ1) is 19.2. The van der Waals surface area contributed by atoms with Gasteiger partial charge in [-0.25, -0.2) is 4.79 Å². The molecular weight excluding hydrogens is 322 g/mol. The lowest BCUT2D eigenvalue weighted by atomic mass is 9.62. The van der Waals surface area contributed by atoms with Crippen molar-refractivity contribution in [3.8, 4) is 0 Å². The highest BCUT2D eigenvalue weighted by atomic mass is 16.6. The summed E-state index contributed by atoms with van der Waals surface area (Å²) in [5.74, 6) is -1.08. The maximum absolute atomic E-state index is 12.2. The van der Waals surface area contributed by atoms with Crippen LogP contribution in [0.2, 0.25) is 0 Å². The van der Waals surface area contributed by atoms with Crippen LogP contribution in [0, 0.1) is 5.92 Å². The van der Waals surface area contributed by atoms with Gasteiger partial charge in [-0.3, -0.25) is 4.79 Å². The third kappa shape index (κ3) is 4.72. The molecule has 0 aromatic heterocycles. The SMILES string of the molecule is CCOC(=O)C1C[C@@](Cc2ccccc2)(NC(=O)OC(C)(C)C)[C@@H]1O. The van der Waals surface area contributed by atoms with Gasteiger partial charge in [0.15, 0.2) is 0 Å². The van der Waals surface area contributed by atoms with Crippen LogP contribution in [0.15, 0.2) is 30.3 Å². The van der Waals surface area contributed by atoms with Gasteiger partial charge >= 0.3 is 12.1 Å². The highest BCUT2D eigenvalue weighted by Crippen LogP contribution is 2.41. The smallest absolute Gasteiger partial charge is 0.408 e. The Morgan fingerprint density at radius 3 is 2.44 bits per heavy atom. The predicted octanol–water partition coefficient (Wildman–Crippen LogP) is 2.44. The summed E-state index contributed by atoms with van der Waals surface area (Å²) < 4.78 is 10.3. The highest BCUT2D eigenvalue weighted by molar-refractivity contribution is 5.77. The molecule has 25 heavy (non-hydrogen) atoms. The first-order valence-electron chi connectivity index (χ1n) is 8.56. The summed E-state index contributed by atoms with van der Waals surface area (Å²) >= 11 is 0. The van der Waals surface area contributed by atoms with Gasteiger partial charge in [-0.2, -0.15) is 0 Å². The van der Waals surface area contributed by atoms with Crippen LogP contribution in [-0.4, -0.2) is 41.0 Å². The Labute approximate surface area is 148 Å². The summed E-state index contributed by atoms with van der Waals surface area (Å²) in [5, 5.41) is 13.4. The van der Waals surface area contributed by atoms with Gasteiger partial charge in [-0.05, 0) is 46.1 Å². The Kier molecular flexibility index (Phi) is 5.72. The van der Waals surface area contributed by atoms with E-state index in [0.717, 1.165) is 5.56 Å². The lowest BCUT2D eigenvalue weighted by Gasteiger charge is -2.51. The van der Waals surface area contributed by atoms with Gasteiger partial charge in [-0.15, -0.1) is 0 Å². The normalized spacial score (nSPS) is 25.6. The molecule has 2 rings (SSSR count). The molecule has 0 spiro atoms. The van der Waals surface area contributed by atoms with Gasteiger partial charge < -0.3 is 19.9 Å². The fraction of sp³-hybridized carbons (Fsp3) is 0.579. The van der Waals surface area contributed by atoms with E-state index < -0.39 is 35.2 Å². The van der Waals surface area contributed by atoms with Crippen LogP contribution in [0.4, 0.5) is 4.79 Å². The molecular formula is C19H27NO5. The number of esters is 1. The van der Waals surface area contributed by atoms with Crippen molar-refractivity contribution in [2.75, 3.05) is 6.61 Å². The Balaban J connectivity index is 2.16. The van der Waals surface area contributed by atoms with Crippen LogP contribution in [-0.2, 0) is 20.7 Å². The van der Waals surface area contributed by atoms with E-state index in [0.29, 0.717) is 12.8 Å². The molecule has 1 unspecified atom stereocenters. The first-order chi connectivity index (χ1) is 11.7. The quantitative estimate of drug-likeness (QED) is 0.798. The largest absolute Gasteiger partial charge is 0.466 e. The molecule has 2 N–H and O–H groups in total. The second-order valence-corrected chi connectivity index (χ2v) is 7.45. The molecule has 1 fully saturated rings. The number of hydrogen-bond acceptors (Lipinski definition) is 5. The van der Waals surface area contributed by atoms with E-state index in [1.54, 1.807) is 27.7 Å². The number of benzene rings is 1. The predicted molar refractivity (Wildman–Crippen MR) is 93.0 cm³/mol. The average molecular weight is 349 g/mol. The first-order valence-corrected chi connectivity index (χ1v) is 8.56. The number of amides is 1. The fourth-order valence-electron chi connectivity index (χ4n) is 3.12. The third-order valence-electron chi connectivity index (χ3n) is 4.23. The van der Waals surface area contributed by atoms with Gasteiger partial charge in [0.2, 0.25) is 0 Å². The van der Waals surface area contributed by atoms with Crippen molar-refractivity contribution in [2.24, 2.45) is 5.92 Å². The standard InChI is InChI=1S/C19H27NO5/c1-5-24-16(22)14-12-19(15(14)21,11-13-9-7-6-8-10-13)20-17(23)25-18(2,3)4/h6-10,14-15,21H,5,11-12H2,1-4H3,(H,20,23)/t14?,15-,19-/m1/s1. The van der Waals surface area contributed by atoms with E-state index in [-0.39, 0.29) is 6.61 Å². The van der Waals surface area contributed by atoms with E-state index in [1.807, 2.05) is 30.3 Å². The molecule has 1 aromatic rings. The van der Waals surface area contributed by atoms with Gasteiger partial charge in [0, 0.05) is 0 Å². The summed E-state index contributed by atoms with van der Waals surface area (Å²) in [6, 6.07) is 9.52. The summed E-state index contributed by atoms with van der Waals surface area (Å²) in [5.41, 5.74) is -0.631. The van der Waals surface area contributed by atoms with Crippen molar-refractivity contribution < 1.29 is 24.2 Å². The molecule has 3 atom stereocenters. The van der Waals surface area contributed by atoms with Crippen LogP contribution < -0.4 is 5.32 Å². The van der Waals surface area contributed by atoms with Crippen molar-refractivity contribution in [1.82, 2.24) is 5.32 Å². The van der Waals surface area contributed by atoms with Crippen molar-refractivity contribution >= 4 is 12.1 Å². The minimum atomic E-state index is -1.03. The monoisotopic (exact) mass is 349 g/mol. The van der Waals surface area contributed by atoms with Crippen LogP contribution in [0.3, 0.4) is 0 Å². The molecule has 6 nitrogen and oxygen atoms in total. The minimum absolute atomic E-state index is 0.257. The maximum Gasteiger partial charge on any atom is 0.408 e. The van der Waals surface area contributed by atoms with Crippen LogP contribution >= 0.6 is 0 Å². The van der Waals surface area contributed by atoms with Crippen molar-refractivity contribution in [1.29, 1.82) is 0 Å². The number of aliphatic hydroxyl groups is 1. The van der Waals surface area contributed by atoms with Crippen molar-refractivity contribution in [3.63, 3.8) is 0 Å². The number of ether oxygens (including phenoxy) is 2. The third-order valence-corrected chi connectivity index (χ3v) is 4.23. The summed E-state index contributed by atoms with van der Waals surface area (Å²) in [6.45, 7) is 7.30. The van der Waals surface area contributed by atoms with Gasteiger partial charge in [-0.1, -0.05) is 30.3 Å². The summed E-state index contributed by atoms with van der Waals surface area (Å²) in [4.78, 5) is 24.2. The van der Waals surface area contributed by atoms with Crippen LogP contribution in [0.5, 0.6) is 0 Å². The molecule has 1 amide bonds. The second kappa shape index (κ2) is 7.44. The molecule has 1 aliphatic rings. The number of carbonyl (C=O) groups is 2. The number of carbonyl (C=O) groups excluding carboxylic acids is 2. The van der Waals surface area contributed by atoms with Crippen molar-refractivity contribution in [3.05, 3.63) is 35.9 Å². The van der Waals surface area contributed by atoms with E-state index in [2.05, 4.69) is 5.32 Å². The Morgan fingerprint density at radius 1 is 1.28 bits per heavy atom. The molecule has 0 saturated heterocycles. The molecule has 0 bridgehead atoms. The van der Waals surface area contributed by atoms with Crippen LogP contribution in [0.1, 0.15) is 39.7 Å². The number of aliphatic hydroxyl groups excluding tert-OH is 1. The minimum Gasteiger partial charge on any atom is -0.466 e. The molecule has 1 aliphatic carbocycles.